The van der Waals surface area contributed by atoms with Crippen LogP contribution in [0.5, 0.6) is 0 Å². The van der Waals surface area contributed by atoms with Crippen LogP contribution in [0.15, 0.2) is 12.2 Å². The zero-order valence-corrected chi connectivity index (χ0v) is 12.4. The maximum atomic E-state index is 13.2. The molecule has 0 amide bonds. The fourth-order valence-electron chi connectivity index (χ4n) is 1.44. The highest BCUT2D eigenvalue weighted by Gasteiger charge is 2.93. The van der Waals surface area contributed by atoms with Gasteiger partial charge in [-0.1, -0.05) is 6.08 Å². The van der Waals surface area contributed by atoms with Crippen LogP contribution in [-0.2, 0) is 4.79 Å². The molecular formula is C11H5F15O2. The molecule has 28 heavy (non-hydrogen) atoms. The third kappa shape index (κ3) is 3.70. The predicted molar refractivity (Wildman–Crippen MR) is 57.1 cm³/mol. The molecule has 0 bridgehead atoms. The molecule has 2 nitrogen and oxygen atoms in total. The molecule has 0 aromatic carbocycles. The summed E-state index contributed by atoms with van der Waals surface area (Å²) >= 11 is 0. The van der Waals surface area contributed by atoms with E-state index in [1.807, 2.05) is 0 Å². The number of hydrogen-bond donors (Lipinski definition) is 1. The molecule has 0 aromatic heterocycles. The summed E-state index contributed by atoms with van der Waals surface area (Å²) < 4.78 is 191. The van der Waals surface area contributed by atoms with Crippen molar-refractivity contribution in [3.8, 4) is 0 Å². The lowest BCUT2D eigenvalue weighted by Gasteiger charge is -2.41. The summed E-state index contributed by atoms with van der Waals surface area (Å²) in [7, 11) is 0. The Morgan fingerprint density at radius 2 is 0.929 bits per heavy atom. The zero-order chi connectivity index (χ0) is 23.2. The summed E-state index contributed by atoms with van der Waals surface area (Å²) in [5.41, 5.74) is 0. The lowest BCUT2D eigenvalue weighted by atomic mass is 9.90. The Morgan fingerprint density at radius 1 is 0.607 bits per heavy atom. The molecule has 0 atom stereocenters. The lowest BCUT2D eigenvalue weighted by Crippen LogP contribution is -2.72. The van der Waals surface area contributed by atoms with Gasteiger partial charge < -0.3 is 5.11 Å². The van der Waals surface area contributed by atoms with E-state index >= 15 is 0 Å². The van der Waals surface area contributed by atoms with E-state index in [1.54, 1.807) is 0 Å². The number of rotatable bonds is 8. The first-order chi connectivity index (χ1) is 11.9. The van der Waals surface area contributed by atoms with E-state index in [-0.39, 0.29) is 6.08 Å². The van der Waals surface area contributed by atoms with Crippen molar-refractivity contribution in [3.63, 3.8) is 0 Å². The summed E-state index contributed by atoms with van der Waals surface area (Å²) in [5.74, 6) is -49.1. The van der Waals surface area contributed by atoms with E-state index in [0.717, 1.165) is 0 Å². The molecule has 0 aliphatic rings. The van der Waals surface area contributed by atoms with Crippen LogP contribution in [0, 0.1) is 0 Å². The quantitative estimate of drug-likeness (QED) is 0.395. The molecule has 0 saturated carbocycles. The number of hydrogen-bond acceptors (Lipinski definition) is 1. The second-order valence-electron chi connectivity index (χ2n) is 5.02. The van der Waals surface area contributed by atoms with Crippen molar-refractivity contribution >= 4 is 5.97 Å². The molecular weight excluding hydrogens is 449 g/mol. The van der Waals surface area contributed by atoms with E-state index in [0.29, 0.717) is 0 Å². The van der Waals surface area contributed by atoms with Crippen LogP contribution in [-0.4, -0.2) is 52.8 Å². The molecule has 0 aliphatic heterocycles. The third-order valence-corrected chi connectivity index (χ3v) is 3.03. The molecule has 17 heteroatoms. The van der Waals surface area contributed by atoms with Crippen molar-refractivity contribution in [1.29, 1.82) is 0 Å². The molecule has 0 aromatic rings. The Bertz CT molecular complexity index is 616. The highest BCUT2D eigenvalue weighted by molar-refractivity contribution is 5.79. The Hall–Kier alpha value is -1.84. The molecule has 0 radical (unpaired) electrons. The van der Waals surface area contributed by atoms with E-state index in [1.165, 1.54) is 0 Å². The van der Waals surface area contributed by atoms with Crippen molar-refractivity contribution in [2.45, 2.75) is 48.1 Å². The van der Waals surface area contributed by atoms with E-state index in [4.69, 9.17) is 5.11 Å². The molecule has 0 saturated heterocycles. The van der Waals surface area contributed by atoms with Crippen LogP contribution >= 0.6 is 0 Å². The summed E-state index contributed by atoms with van der Waals surface area (Å²) in [5, 5.41) is 8.00. The van der Waals surface area contributed by atoms with E-state index in [9.17, 15) is 70.7 Å². The van der Waals surface area contributed by atoms with Crippen LogP contribution in [0.3, 0.4) is 0 Å². The fourth-order valence-corrected chi connectivity index (χ4v) is 1.44. The van der Waals surface area contributed by atoms with Gasteiger partial charge in [-0.2, -0.15) is 65.9 Å². The fraction of sp³-hybridized carbons (Fsp3) is 0.727. The smallest absolute Gasteiger partial charge is 0.460 e. The number of carboxylic acid groups (broad SMARTS) is 1. The van der Waals surface area contributed by atoms with E-state index in [2.05, 4.69) is 0 Å². The van der Waals surface area contributed by atoms with Gasteiger partial charge in [0, 0.05) is 12.5 Å². The average Bonchev–Trinajstić information content (AvgIpc) is 2.44. The summed E-state index contributed by atoms with van der Waals surface area (Å²) in [4.78, 5) is 9.95. The van der Waals surface area contributed by atoms with Gasteiger partial charge in [0.2, 0.25) is 0 Å². The van der Waals surface area contributed by atoms with Crippen molar-refractivity contribution in [1.82, 2.24) is 0 Å². The summed E-state index contributed by atoms with van der Waals surface area (Å²) in [6.07, 6.45) is -11.4. The molecule has 0 aliphatic carbocycles. The normalized spacial score (nSPS) is 16.0. The molecule has 0 heterocycles. The minimum Gasteiger partial charge on any atom is -0.478 e. The highest BCUT2D eigenvalue weighted by atomic mass is 19.4. The predicted octanol–water partition coefficient (Wildman–Crippen LogP) is 5.39. The Kier molecular flexibility index (Phi) is 6.44. The number of aliphatic carboxylic acids is 1. The molecule has 0 spiro atoms. The van der Waals surface area contributed by atoms with Gasteiger partial charge in [-0.15, -0.1) is 0 Å². The Morgan fingerprint density at radius 3 is 1.25 bits per heavy atom. The highest BCUT2D eigenvalue weighted by Crippen LogP contribution is 2.62. The van der Waals surface area contributed by atoms with Crippen molar-refractivity contribution in [2.24, 2.45) is 0 Å². The molecule has 0 fully saturated rings. The van der Waals surface area contributed by atoms with Gasteiger partial charge in [-0.25, -0.2) is 4.79 Å². The largest absolute Gasteiger partial charge is 0.478 e. The van der Waals surface area contributed by atoms with Crippen molar-refractivity contribution < 1.29 is 75.8 Å². The Balaban J connectivity index is 6.35. The van der Waals surface area contributed by atoms with Crippen LogP contribution in [0.25, 0.3) is 0 Å². The number of carboxylic acids is 1. The first-order valence-electron chi connectivity index (χ1n) is 6.15. The van der Waals surface area contributed by atoms with Crippen molar-refractivity contribution in [2.75, 3.05) is 0 Å². The number of halogens is 15. The minimum absolute atomic E-state index is 0.382. The summed E-state index contributed by atoms with van der Waals surface area (Å²) in [6, 6.07) is 0. The molecule has 0 rings (SSSR count). The topological polar surface area (TPSA) is 37.3 Å². The zero-order valence-electron chi connectivity index (χ0n) is 12.4. The first kappa shape index (κ1) is 26.2. The maximum absolute atomic E-state index is 13.2. The van der Waals surface area contributed by atoms with Crippen LogP contribution in [0.4, 0.5) is 65.9 Å². The first-order valence-corrected chi connectivity index (χ1v) is 6.15. The van der Waals surface area contributed by atoms with Gasteiger partial charge in [0.25, 0.3) is 0 Å². The van der Waals surface area contributed by atoms with Gasteiger partial charge >= 0.3 is 47.7 Å². The van der Waals surface area contributed by atoms with Crippen LogP contribution < -0.4 is 0 Å². The van der Waals surface area contributed by atoms with Gasteiger partial charge in [0.1, 0.15) is 0 Å². The third-order valence-electron chi connectivity index (χ3n) is 3.03. The van der Waals surface area contributed by atoms with Gasteiger partial charge in [0.05, 0.1) is 0 Å². The second kappa shape index (κ2) is 6.89. The maximum Gasteiger partial charge on any atom is 0.460 e. The van der Waals surface area contributed by atoms with Gasteiger partial charge in [-0.3, -0.25) is 0 Å². The van der Waals surface area contributed by atoms with Crippen molar-refractivity contribution in [3.05, 3.63) is 12.2 Å². The van der Waals surface area contributed by atoms with Gasteiger partial charge in [0.15, 0.2) is 0 Å². The second-order valence-corrected chi connectivity index (χ2v) is 5.02. The van der Waals surface area contributed by atoms with Crippen LogP contribution in [0.1, 0.15) is 6.42 Å². The Labute approximate surface area is 143 Å². The monoisotopic (exact) mass is 454 g/mol. The SMILES string of the molecule is O=C(O)C=CCC(F)(F)C(F)(F)C(F)(F)C(F)(F)C(F)(F)C(F)(F)C(F)(F)F. The average molecular weight is 454 g/mol. The molecule has 0 unspecified atom stereocenters. The molecule has 166 valence electrons. The number of carbonyl (C=O) groups is 1. The standard InChI is InChI=1S/C11H5F15O2/c12-5(13,3-1-2-4(27)28)6(14,15)7(16,17)8(18,19)9(20,21)10(22,23)11(24,25)26/h1-2H,3H2,(H,27,28). The van der Waals surface area contributed by atoms with Gasteiger partial charge in [-0.05, 0) is 0 Å². The minimum atomic E-state index is -8.34. The van der Waals surface area contributed by atoms with Crippen LogP contribution in [0.2, 0.25) is 0 Å². The number of alkyl halides is 15. The van der Waals surface area contributed by atoms with E-state index < -0.39 is 60.2 Å². The number of allylic oxidation sites excluding steroid dienone is 1. The molecule has 1 N–H and O–H groups in total. The lowest BCUT2D eigenvalue weighted by molar-refractivity contribution is -0.452. The summed E-state index contributed by atoms with van der Waals surface area (Å²) in [6.45, 7) is 0.